The summed E-state index contributed by atoms with van der Waals surface area (Å²) in [6.07, 6.45) is 0. The Bertz CT molecular complexity index is 244. The van der Waals surface area contributed by atoms with Gasteiger partial charge in [-0.05, 0) is 12.1 Å². The predicted octanol–water partition coefficient (Wildman–Crippen LogP) is 3.51. The highest BCUT2D eigenvalue weighted by molar-refractivity contribution is 8.16. The molecule has 60 valence electrons. The lowest BCUT2D eigenvalue weighted by Gasteiger charge is -2.06. The number of hydrogen-bond acceptors (Lipinski definition) is 0. The molecular formula is C8H8Cl2S. The molecule has 0 saturated carbocycles. The van der Waals surface area contributed by atoms with Crippen LogP contribution in [0.1, 0.15) is 0 Å². The number of rotatable bonds is 2. The Balaban J connectivity index is 2.86. The molecule has 0 aliphatic heterocycles. The quantitative estimate of drug-likeness (QED) is 0.514. The van der Waals surface area contributed by atoms with E-state index in [1.807, 2.05) is 30.3 Å². The average Bonchev–Trinajstić information content (AvgIpc) is 2.05. The zero-order valence-electron chi connectivity index (χ0n) is 5.84. The van der Waals surface area contributed by atoms with Crippen molar-refractivity contribution >= 4 is 39.6 Å². The number of benzene rings is 1. The van der Waals surface area contributed by atoms with E-state index in [1.165, 1.54) is 0 Å². The first-order valence-corrected chi connectivity index (χ1v) is 5.41. The molecule has 0 fully saturated rings. The van der Waals surface area contributed by atoms with E-state index in [9.17, 15) is 0 Å². The fourth-order valence-corrected chi connectivity index (χ4v) is 2.03. The molecule has 1 rings (SSSR count). The topological polar surface area (TPSA) is 0 Å². The van der Waals surface area contributed by atoms with Gasteiger partial charge < -0.3 is 0 Å². The Morgan fingerprint density at radius 2 is 1.73 bits per heavy atom. The van der Waals surface area contributed by atoms with Gasteiger partial charge in [-0.25, -0.2) is 0 Å². The van der Waals surface area contributed by atoms with Crippen LogP contribution in [0, 0.1) is 0 Å². The molecule has 3 heteroatoms. The average molecular weight is 207 g/mol. The van der Waals surface area contributed by atoms with Gasteiger partial charge >= 0.3 is 0 Å². The zero-order valence-corrected chi connectivity index (χ0v) is 8.16. The molecule has 0 radical (unpaired) electrons. The van der Waals surface area contributed by atoms with Crippen LogP contribution in [0.5, 0.6) is 0 Å². The molecule has 0 aliphatic carbocycles. The number of hydrogen-bond donors (Lipinski definition) is 0. The van der Waals surface area contributed by atoms with Crippen molar-refractivity contribution in [2.24, 2.45) is 0 Å². The number of alkyl halides is 2. The molecule has 0 N–H and O–H groups in total. The summed E-state index contributed by atoms with van der Waals surface area (Å²) in [6, 6.07) is 9.83. The van der Waals surface area contributed by atoms with Crippen molar-refractivity contribution in [3.63, 3.8) is 0 Å². The van der Waals surface area contributed by atoms with Crippen LogP contribution in [0.2, 0.25) is 0 Å². The van der Waals surface area contributed by atoms with Crippen molar-refractivity contribution < 1.29 is 0 Å². The first-order valence-electron chi connectivity index (χ1n) is 3.08. The summed E-state index contributed by atoms with van der Waals surface area (Å²) in [7, 11) is -0.304. The van der Waals surface area contributed by atoms with E-state index in [4.69, 9.17) is 23.2 Å². The Labute approximate surface area is 79.1 Å². The van der Waals surface area contributed by atoms with Crippen molar-refractivity contribution in [1.29, 1.82) is 0 Å². The molecule has 0 amide bonds. The first kappa shape index (κ1) is 9.11. The largest absolute Gasteiger partial charge is 0.151 e. The summed E-state index contributed by atoms with van der Waals surface area (Å²) in [4.78, 5) is 1.10. The normalized spacial score (nSPS) is 13.4. The third kappa shape index (κ3) is 2.51. The summed E-state index contributed by atoms with van der Waals surface area (Å²) in [5.41, 5.74) is 0. The highest BCUT2D eigenvalue weighted by Gasteiger charge is 2.03. The molecule has 0 heterocycles. The molecule has 0 saturated heterocycles. The SMILES string of the molecule is C=S(c1ccccc1)C(Cl)Cl. The third-order valence-corrected chi connectivity index (χ3v) is 3.86. The van der Waals surface area contributed by atoms with Crippen molar-refractivity contribution in [1.82, 2.24) is 0 Å². The van der Waals surface area contributed by atoms with E-state index in [2.05, 4.69) is 5.87 Å². The standard InChI is InChI=1S/C8H8Cl2S/c1-11(8(9)10)7-5-3-2-4-6-7/h2-6,8H,1H2. The molecule has 1 aromatic carbocycles. The van der Waals surface area contributed by atoms with Crippen LogP contribution in [0.15, 0.2) is 35.2 Å². The van der Waals surface area contributed by atoms with Gasteiger partial charge in [0.05, 0.1) is 0 Å². The van der Waals surface area contributed by atoms with Crippen LogP contribution >= 0.6 is 33.7 Å². The Hall–Kier alpha value is 0.0200. The van der Waals surface area contributed by atoms with Crippen LogP contribution in [0.4, 0.5) is 0 Å². The molecule has 0 bridgehead atoms. The van der Waals surface area contributed by atoms with E-state index in [1.54, 1.807) is 0 Å². The maximum atomic E-state index is 5.68. The maximum Gasteiger partial charge on any atom is 0.151 e. The van der Waals surface area contributed by atoms with E-state index < -0.39 is 4.17 Å². The predicted molar refractivity (Wildman–Crippen MR) is 54.9 cm³/mol. The third-order valence-electron chi connectivity index (χ3n) is 1.26. The molecule has 1 atom stereocenters. The second kappa shape index (κ2) is 4.15. The summed E-state index contributed by atoms with van der Waals surface area (Å²) in [6.45, 7) is 0. The lowest BCUT2D eigenvalue weighted by Crippen LogP contribution is -1.82. The highest BCUT2D eigenvalue weighted by Crippen LogP contribution is 2.33. The fraction of sp³-hybridized carbons (Fsp3) is 0.125. The van der Waals surface area contributed by atoms with Gasteiger partial charge in [0.25, 0.3) is 0 Å². The van der Waals surface area contributed by atoms with Gasteiger partial charge in [-0.2, -0.15) is 0 Å². The molecule has 0 aliphatic rings. The molecule has 0 nitrogen and oxygen atoms in total. The van der Waals surface area contributed by atoms with Crippen LogP contribution in [-0.2, 0) is 0 Å². The Morgan fingerprint density at radius 1 is 1.18 bits per heavy atom. The van der Waals surface area contributed by atoms with Crippen LogP contribution < -0.4 is 0 Å². The van der Waals surface area contributed by atoms with E-state index >= 15 is 0 Å². The Morgan fingerprint density at radius 3 is 2.18 bits per heavy atom. The zero-order chi connectivity index (χ0) is 8.27. The highest BCUT2D eigenvalue weighted by atomic mass is 35.5. The lowest BCUT2D eigenvalue weighted by atomic mass is 10.4. The van der Waals surface area contributed by atoms with Gasteiger partial charge in [-0.15, -0.1) is 10.5 Å². The van der Waals surface area contributed by atoms with Crippen molar-refractivity contribution in [3.05, 3.63) is 30.3 Å². The summed E-state index contributed by atoms with van der Waals surface area (Å²) in [5.74, 6) is 3.87. The van der Waals surface area contributed by atoms with E-state index in [0.29, 0.717) is 0 Å². The van der Waals surface area contributed by atoms with Gasteiger partial charge in [0.15, 0.2) is 4.17 Å². The minimum atomic E-state index is -0.405. The molecule has 0 aromatic heterocycles. The van der Waals surface area contributed by atoms with Crippen molar-refractivity contribution in [2.75, 3.05) is 0 Å². The van der Waals surface area contributed by atoms with E-state index in [0.717, 1.165) is 4.90 Å². The van der Waals surface area contributed by atoms with Gasteiger partial charge in [0.1, 0.15) is 0 Å². The number of halogens is 2. The fourth-order valence-electron chi connectivity index (χ4n) is 0.698. The molecule has 1 aromatic rings. The van der Waals surface area contributed by atoms with Crippen molar-refractivity contribution in [3.8, 4) is 0 Å². The van der Waals surface area contributed by atoms with Gasteiger partial charge in [0, 0.05) is 4.90 Å². The minimum absolute atomic E-state index is 0.304. The molecule has 11 heavy (non-hydrogen) atoms. The maximum absolute atomic E-state index is 5.68. The summed E-state index contributed by atoms with van der Waals surface area (Å²) >= 11 is 11.4. The second-order valence-corrected chi connectivity index (χ2v) is 5.42. The van der Waals surface area contributed by atoms with Gasteiger partial charge in [-0.1, -0.05) is 47.3 Å². The van der Waals surface area contributed by atoms with Crippen LogP contribution in [0.25, 0.3) is 0 Å². The van der Waals surface area contributed by atoms with Crippen molar-refractivity contribution in [2.45, 2.75) is 9.06 Å². The molecule has 1 unspecified atom stereocenters. The summed E-state index contributed by atoms with van der Waals surface area (Å²) < 4.78 is -0.405. The minimum Gasteiger partial charge on any atom is -0.129 e. The monoisotopic (exact) mass is 206 g/mol. The molecular weight excluding hydrogens is 199 g/mol. The van der Waals surface area contributed by atoms with Crippen LogP contribution in [0.3, 0.4) is 0 Å². The smallest absolute Gasteiger partial charge is 0.129 e. The lowest BCUT2D eigenvalue weighted by molar-refractivity contribution is 1.46. The second-order valence-electron chi connectivity index (χ2n) is 2.00. The Kier molecular flexibility index (Phi) is 3.44. The van der Waals surface area contributed by atoms with E-state index in [-0.39, 0.29) is 10.5 Å². The van der Waals surface area contributed by atoms with Crippen LogP contribution in [-0.4, -0.2) is 10.0 Å². The summed E-state index contributed by atoms with van der Waals surface area (Å²) in [5, 5.41) is 0. The van der Waals surface area contributed by atoms with Gasteiger partial charge in [-0.3, -0.25) is 0 Å². The first-order chi connectivity index (χ1) is 5.22. The molecule has 0 spiro atoms. The van der Waals surface area contributed by atoms with Gasteiger partial charge in [0.2, 0.25) is 0 Å².